The van der Waals surface area contributed by atoms with E-state index in [9.17, 15) is 9.59 Å². The topological polar surface area (TPSA) is 126 Å². The van der Waals surface area contributed by atoms with Gasteiger partial charge in [0.25, 0.3) is 11.8 Å². The van der Waals surface area contributed by atoms with Crippen molar-refractivity contribution in [3.05, 3.63) is 113 Å². The normalized spacial score (nSPS) is 11.7. The minimum atomic E-state index is -0.239. The highest BCUT2D eigenvalue weighted by atomic mass is 16.2. The van der Waals surface area contributed by atoms with Gasteiger partial charge in [0.1, 0.15) is 11.8 Å². The predicted octanol–water partition coefficient (Wildman–Crippen LogP) is 5.42. The standard InChI is InChI=1S/C30H29N7O2/c1-18-9-14-24(35-29(38)22-10-12-23(31)13-11-22)15-26(18)36-28-27-19(2)25(16-37(27)33-17-32-28)30(39)34-20(3)21-7-5-4-6-8-21/h4-17,20H,31H2,1-3H3,(H,34,39)(H,35,38)(H,32,33,36)/t20-/m0/s1. The number of carbonyl (C=O) groups excluding carboxylic acids is 2. The van der Waals surface area contributed by atoms with Crippen molar-refractivity contribution in [1.82, 2.24) is 19.9 Å². The Morgan fingerprint density at radius 3 is 2.44 bits per heavy atom. The smallest absolute Gasteiger partial charge is 0.255 e. The zero-order valence-electron chi connectivity index (χ0n) is 21.9. The highest BCUT2D eigenvalue weighted by molar-refractivity contribution is 6.05. The third kappa shape index (κ3) is 5.42. The van der Waals surface area contributed by atoms with E-state index in [0.29, 0.717) is 33.8 Å². The summed E-state index contributed by atoms with van der Waals surface area (Å²) >= 11 is 0. The van der Waals surface area contributed by atoms with Gasteiger partial charge in [0.15, 0.2) is 5.82 Å². The number of aromatic nitrogens is 3. The van der Waals surface area contributed by atoms with Crippen LogP contribution in [0.3, 0.4) is 0 Å². The maximum atomic E-state index is 13.2. The van der Waals surface area contributed by atoms with Crippen molar-refractivity contribution >= 4 is 40.2 Å². The van der Waals surface area contributed by atoms with Crippen molar-refractivity contribution in [3.8, 4) is 0 Å². The van der Waals surface area contributed by atoms with Gasteiger partial charge < -0.3 is 21.7 Å². The first-order valence-electron chi connectivity index (χ1n) is 12.5. The fourth-order valence-corrected chi connectivity index (χ4v) is 4.38. The van der Waals surface area contributed by atoms with Crippen LogP contribution in [0.2, 0.25) is 0 Å². The van der Waals surface area contributed by atoms with Crippen molar-refractivity contribution in [2.45, 2.75) is 26.8 Å². The quantitative estimate of drug-likeness (QED) is 0.213. The lowest BCUT2D eigenvalue weighted by Crippen LogP contribution is -2.26. The summed E-state index contributed by atoms with van der Waals surface area (Å²) < 4.78 is 1.65. The molecule has 0 saturated carbocycles. The molecule has 0 spiro atoms. The Balaban J connectivity index is 1.39. The Kier molecular flexibility index (Phi) is 6.96. The Bertz CT molecular complexity index is 1660. The fraction of sp³-hybridized carbons (Fsp3) is 0.133. The van der Waals surface area contributed by atoms with Crippen molar-refractivity contribution in [1.29, 1.82) is 0 Å². The van der Waals surface area contributed by atoms with Gasteiger partial charge in [-0.05, 0) is 73.9 Å². The molecule has 0 bridgehead atoms. The highest BCUT2D eigenvalue weighted by Crippen LogP contribution is 2.29. The van der Waals surface area contributed by atoms with Crippen LogP contribution in [-0.4, -0.2) is 26.4 Å². The summed E-state index contributed by atoms with van der Waals surface area (Å²) in [6.07, 6.45) is 3.14. The first-order valence-corrected chi connectivity index (χ1v) is 12.5. The lowest BCUT2D eigenvalue weighted by Gasteiger charge is -2.14. The number of carbonyl (C=O) groups is 2. The SMILES string of the molecule is Cc1ccc(NC(=O)c2ccc(N)cc2)cc1Nc1ncnn2cc(C(=O)N[C@@H](C)c3ccccc3)c(C)c12. The van der Waals surface area contributed by atoms with Crippen molar-refractivity contribution < 1.29 is 9.59 Å². The van der Waals surface area contributed by atoms with Crippen LogP contribution >= 0.6 is 0 Å². The maximum Gasteiger partial charge on any atom is 0.255 e. The molecule has 0 aliphatic heterocycles. The summed E-state index contributed by atoms with van der Waals surface area (Å²) in [5.74, 6) is 0.115. The van der Waals surface area contributed by atoms with Gasteiger partial charge in [-0.3, -0.25) is 9.59 Å². The van der Waals surface area contributed by atoms with Crippen LogP contribution in [0.15, 0.2) is 85.3 Å². The molecular weight excluding hydrogens is 490 g/mol. The van der Waals surface area contributed by atoms with Crippen LogP contribution in [0.5, 0.6) is 0 Å². The Hall–Kier alpha value is -5.18. The number of aryl methyl sites for hydroxylation is 2. The molecule has 9 nitrogen and oxygen atoms in total. The average molecular weight is 520 g/mol. The highest BCUT2D eigenvalue weighted by Gasteiger charge is 2.20. The molecule has 0 radical (unpaired) electrons. The second kappa shape index (κ2) is 10.7. The van der Waals surface area contributed by atoms with Gasteiger partial charge in [-0.1, -0.05) is 36.4 Å². The molecule has 5 N–H and O–H groups in total. The van der Waals surface area contributed by atoms with E-state index in [-0.39, 0.29) is 17.9 Å². The molecule has 0 aliphatic rings. The van der Waals surface area contributed by atoms with Crippen LogP contribution < -0.4 is 21.7 Å². The number of rotatable bonds is 7. The van der Waals surface area contributed by atoms with Crippen LogP contribution in [-0.2, 0) is 0 Å². The summed E-state index contributed by atoms with van der Waals surface area (Å²) in [4.78, 5) is 30.3. The second-order valence-corrected chi connectivity index (χ2v) is 9.41. The monoisotopic (exact) mass is 519 g/mol. The van der Waals surface area contributed by atoms with Crippen LogP contribution in [0, 0.1) is 13.8 Å². The van der Waals surface area contributed by atoms with E-state index in [1.54, 1.807) is 35.0 Å². The number of nitrogen functional groups attached to an aromatic ring is 1. The van der Waals surface area contributed by atoms with Gasteiger partial charge in [0, 0.05) is 28.8 Å². The average Bonchev–Trinajstić information content (AvgIpc) is 3.28. The van der Waals surface area contributed by atoms with Crippen LogP contribution in [0.4, 0.5) is 22.9 Å². The molecule has 5 aromatic rings. The molecule has 0 unspecified atom stereocenters. The summed E-state index contributed by atoms with van der Waals surface area (Å²) in [7, 11) is 0. The second-order valence-electron chi connectivity index (χ2n) is 9.41. The molecular formula is C30H29N7O2. The summed E-state index contributed by atoms with van der Waals surface area (Å²) in [6.45, 7) is 5.79. The molecule has 3 aromatic carbocycles. The van der Waals surface area contributed by atoms with Crippen molar-refractivity contribution in [2.24, 2.45) is 0 Å². The number of hydrogen-bond donors (Lipinski definition) is 4. The molecule has 1 atom stereocenters. The number of benzene rings is 3. The van der Waals surface area contributed by atoms with Gasteiger partial charge in [0.2, 0.25) is 0 Å². The third-order valence-electron chi connectivity index (χ3n) is 6.64. The maximum absolute atomic E-state index is 13.2. The third-order valence-corrected chi connectivity index (χ3v) is 6.64. The molecule has 2 heterocycles. The predicted molar refractivity (Wildman–Crippen MR) is 153 cm³/mol. The van der Waals surface area contributed by atoms with Gasteiger partial charge in [-0.25, -0.2) is 9.50 Å². The van der Waals surface area contributed by atoms with Crippen molar-refractivity contribution in [3.63, 3.8) is 0 Å². The number of fused-ring (bicyclic) bond motifs is 1. The molecule has 9 heteroatoms. The summed E-state index contributed by atoms with van der Waals surface area (Å²) in [5, 5.41) is 13.7. The lowest BCUT2D eigenvalue weighted by atomic mass is 10.1. The number of nitrogens with zero attached hydrogens (tertiary/aromatic N) is 3. The van der Waals surface area contributed by atoms with E-state index in [1.807, 2.05) is 69.3 Å². The van der Waals surface area contributed by atoms with Gasteiger partial charge in [-0.2, -0.15) is 5.10 Å². The number of nitrogens with two attached hydrogens (primary N) is 1. The number of amides is 2. The van der Waals surface area contributed by atoms with Crippen LogP contribution in [0.25, 0.3) is 5.52 Å². The first kappa shape index (κ1) is 25.5. The van der Waals surface area contributed by atoms with E-state index in [2.05, 4.69) is 26.0 Å². The minimum Gasteiger partial charge on any atom is -0.399 e. The van der Waals surface area contributed by atoms with Crippen LogP contribution in [0.1, 0.15) is 50.4 Å². The zero-order chi connectivity index (χ0) is 27.5. The van der Waals surface area contributed by atoms with E-state index in [1.165, 1.54) is 6.33 Å². The molecule has 0 saturated heterocycles. The molecule has 196 valence electrons. The number of nitrogens with one attached hydrogen (secondary N) is 3. The van der Waals surface area contributed by atoms with E-state index >= 15 is 0 Å². The Morgan fingerprint density at radius 2 is 1.69 bits per heavy atom. The number of anilines is 4. The Morgan fingerprint density at radius 1 is 0.949 bits per heavy atom. The first-order chi connectivity index (χ1) is 18.8. The fourth-order valence-electron chi connectivity index (χ4n) is 4.38. The Labute approximate surface area is 226 Å². The molecule has 5 rings (SSSR count). The largest absolute Gasteiger partial charge is 0.399 e. The van der Waals surface area contributed by atoms with Gasteiger partial charge >= 0.3 is 0 Å². The van der Waals surface area contributed by atoms with Gasteiger partial charge in [-0.15, -0.1) is 0 Å². The molecule has 2 amide bonds. The summed E-state index contributed by atoms with van der Waals surface area (Å²) in [6, 6.07) is 22.0. The van der Waals surface area contributed by atoms with Crippen molar-refractivity contribution in [2.75, 3.05) is 16.4 Å². The number of hydrogen-bond acceptors (Lipinski definition) is 6. The summed E-state index contributed by atoms with van der Waals surface area (Å²) in [5.41, 5.74) is 12.1. The molecule has 0 aliphatic carbocycles. The lowest BCUT2D eigenvalue weighted by molar-refractivity contribution is 0.0938. The molecule has 39 heavy (non-hydrogen) atoms. The van der Waals surface area contributed by atoms with E-state index < -0.39 is 0 Å². The zero-order valence-corrected chi connectivity index (χ0v) is 21.9. The molecule has 2 aromatic heterocycles. The minimum absolute atomic E-state index is 0.154. The van der Waals surface area contributed by atoms with E-state index in [0.717, 1.165) is 22.4 Å². The van der Waals surface area contributed by atoms with E-state index in [4.69, 9.17) is 5.73 Å². The molecule has 0 fully saturated rings. The van der Waals surface area contributed by atoms with Gasteiger partial charge in [0.05, 0.1) is 11.6 Å².